The summed E-state index contributed by atoms with van der Waals surface area (Å²) in [4.78, 5) is 35.7. The van der Waals surface area contributed by atoms with Crippen molar-refractivity contribution in [1.29, 1.82) is 0 Å². The molecule has 31 heavy (non-hydrogen) atoms. The maximum Gasteiger partial charge on any atom is 0.337 e. The van der Waals surface area contributed by atoms with Crippen molar-refractivity contribution in [3.05, 3.63) is 77.1 Å². The van der Waals surface area contributed by atoms with Gasteiger partial charge in [0.25, 0.3) is 0 Å². The summed E-state index contributed by atoms with van der Waals surface area (Å²) in [5, 5.41) is 3.07. The lowest BCUT2D eigenvalue weighted by molar-refractivity contribution is -0.139. The molecular weight excluding hydrogens is 398 g/mol. The Labute approximate surface area is 179 Å². The molecule has 3 rings (SSSR count). The Hall–Kier alpha value is -4.27. The zero-order valence-electron chi connectivity index (χ0n) is 17.0. The first kappa shape index (κ1) is 21.4. The Balaban J connectivity index is 1.59. The van der Waals surface area contributed by atoms with E-state index in [1.165, 1.54) is 13.2 Å². The number of methoxy groups -OCH3 is 1. The van der Waals surface area contributed by atoms with Crippen LogP contribution in [0.1, 0.15) is 27.3 Å². The molecule has 3 N–H and O–H groups in total. The van der Waals surface area contributed by atoms with Gasteiger partial charge in [0.05, 0.1) is 12.7 Å². The Morgan fingerprint density at radius 1 is 1.06 bits per heavy atom. The van der Waals surface area contributed by atoms with Gasteiger partial charge in [0.2, 0.25) is 11.9 Å². The molecule has 0 radical (unpaired) electrons. The van der Waals surface area contributed by atoms with Crippen molar-refractivity contribution in [3.63, 3.8) is 0 Å². The molecule has 0 bridgehead atoms. The van der Waals surface area contributed by atoms with Gasteiger partial charge in [0.15, 0.2) is 12.4 Å². The highest BCUT2D eigenvalue weighted by atomic mass is 16.5. The van der Waals surface area contributed by atoms with E-state index in [1.807, 2.05) is 31.2 Å². The molecule has 0 aliphatic heterocycles. The molecule has 1 heterocycles. The minimum atomic E-state index is -0.579. The van der Waals surface area contributed by atoms with Crippen molar-refractivity contribution >= 4 is 35.6 Å². The number of aromatic nitrogens is 3. The second-order valence-electron chi connectivity index (χ2n) is 6.43. The van der Waals surface area contributed by atoms with Crippen molar-refractivity contribution in [3.8, 4) is 0 Å². The lowest BCUT2D eigenvalue weighted by Crippen LogP contribution is -2.10. The van der Waals surface area contributed by atoms with Crippen LogP contribution in [0.2, 0.25) is 0 Å². The van der Waals surface area contributed by atoms with Gasteiger partial charge in [-0.1, -0.05) is 30.3 Å². The van der Waals surface area contributed by atoms with Gasteiger partial charge in [-0.3, -0.25) is 0 Å². The fraction of sp³-hybridized carbons (Fsp3) is 0.136. The highest BCUT2D eigenvalue weighted by molar-refractivity contribution is 5.90. The number of anilines is 3. The molecule has 0 aliphatic carbocycles. The summed E-state index contributed by atoms with van der Waals surface area (Å²) >= 11 is 0. The van der Waals surface area contributed by atoms with Crippen molar-refractivity contribution in [2.45, 2.75) is 13.5 Å². The Bertz CT molecular complexity index is 1110. The monoisotopic (exact) mass is 419 g/mol. The second-order valence-corrected chi connectivity index (χ2v) is 6.43. The quantitative estimate of drug-likeness (QED) is 0.438. The van der Waals surface area contributed by atoms with E-state index in [2.05, 4.69) is 25.0 Å². The van der Waals surface area contributed by atoms with E-state index in [1.54, 1.807) is 30.3 Å². The van der Waals surface area contributed by atoms with Crippen LogP contribution < -0.4 is 11.1 Å². The van der Waals surface area contributed by atoms with Crippen LogP contribution in [-0.2, 0) is 20.9 Å². The molecule has 0 spiro atoms. The SMILES string of the molecule is COC(=O)c1ccc(/C=C/C(=O)OCc2nc(N)nc(Nc3ccccc3C)n2)cc1. The van der Waals surface area contributed by atoms with Gasteiger partial charge in [0, 0.05) is 11.8 Å². The summed E-state index contributed by atoms with van der Waals surface area (Å²) in [7, 11) is 1.31. The molecule has 1 aromatic heterocycles. The summed E-state index contributed by atoms with van der Waals surface area (Å²) in [6, 6.07) is 14.2. The number of ether oxygens (including phenoxy) is 2. The fourth-order valence-electron chi connectivity index (χ4n) is 2.59. The topological polar surface area (TPSA) is 129 Å². The summed E-state index contributed by atoms with van der Waals surface area (Å²) in [6.07, 6.45) is 2.83. The maximum absolute atomic E-state index is 12.0. The molecule has 9 nitrogen and oxygen atoms in total. The minimum Gasteiger partial charge on any atom is -0.465 e. The summed E-state index contributed by atoms with van der Waals surface area (Å²) in [5.74, 6) is -0.521. The van der Waals surface area contributed by atoms with Gasteiger partial charge >= 0.3 is 11.9 Å². The first-order valence-corrected chi connectivity index (χ1v) is 9.31. The third-order valence-electron chi connectivity index (χ3n) is 4.18. The zero-order valence-corrected chi connectivity index (χ0v) is 17.0. The summed E-state index contributed by atoms with van der Waals surface area (Å²) < 4.78 is 9.82. The molecule has 0 saturated heterocycles. The molecule has 0 unspecified atom stereocenters. The van der Waals surface area contributed by atoms with Gasteiger partial charge in [-0.05, 0) is 42.3 Å². The number of nitrogens with one attached hydrogen (secondary N) is 1. The number of esters is 2. The Kier molecular flexibility index (Phi) is 6.89. The maximum atomic E-state index is 12.0. The standard InChI is InChI=1S/C22H21N5O4/c1-14-5-3-4-6-17(14)24-22-26-18(25-21(23)27-22)13-31-19(28)12-9-15-7-10-16(11-8-15)20(29)30-2/h3-12H,13H2,1-2H3,(H3,23,24,25,26,27)/b12-9+. The van der Waals surface area contributed by atoms with Gasteiger partial charge in [-0.25, -0.2) is 9.59 Å². The van der Waals surface area contributed by atoms with Crippen molar-refractivity contribution in [2.24, 2.45) is 0 Å². The van der Waals surface area contributed by atoms with E-state index in [0.717, 1.165) is 16.8 Å². The fourth-order valence-corrected chi connectivity index (χ4v) is 2.59. The number of nitrogens with zero attached hydrogens (tertiary/aromatic N) is 3. The molecule has 9 heteroatoms. The van der Waals surface area contributed by atoms with Gasteiger partial charge in [0.1, 0.15) is 0 Å². The normalized spacial score (nSPS) is 10.6. The largest absolute Gasteiger partial charge is 0.465 e. The highest BCUT2D eigenvalue weighted by Gasteiger charge is 2.08. The van der Waals surface area contributed by atoms with Crippen LogP contribution in [0.15, 0.2) is 54.6 Å². The predicted molar refractivity (Wildman–Crippen MR) is 115 cm³/mol. The van der Waals surface area contributed by atoms with Crippen LogP contribution >= 0.6 is 0 Å². The number of carbonyl (C=O) groups excluding carboxylic acids is 2. The molecule has 0 amide bonds. The van der Waals surface area contributed by atoms with Gasteiger partial charge in [-0.2, -0.15) is 15.0 Å². The second kappa shape index (κ2) is 9.97. The van der Waals surface area contributed by atoms with Gasteiger partial charge < -0.3 is 20.5 Å². The molecule has 0 aliphatic rings. The third kappa shape index (κ3) is 6.10. The summed E-state index contributed by atoms with van der Waals surface area (Å²) in [6.45, 7) is 1.78. The molecule has 2 aromatic carbocycles. The van der Waals surface area contributed by atoms with Crippen molar-refractivity contribution < 1.29 is 19.1 Å². The minimum absolute atomic E-state index is 0.0124. The number of aryl methyl sites for hydroxylation is 1. The molecule has 3 aromatic rings. The van der Waals surface area contributed by atoms with E-state index in [4.69, 9.17) is 10.5 Å². The smallest absolute Gasteiger partial charge is 0.337 e. The van der Waals surface area contributed by atoms with E-state index in [-0.39, 0.29) is 24.3 Å². The van der Waals surface area contributed by atoms with Crippen LogP contribution in [-0.4, -0.2) is 34.0 Å². The lowest BCUT2D eigenvalue weighted by atomic mass is 10.1. The number of hydrogen-bond acceptors (Lipinski definition) is 9. The predicted octanol–water partition coefficient (Wildman–Crippen LogP) is 3.05. The van der Waals surface area contributed by atoms with Crippen LogP contribution in [0, 0.1) is 6.92 Å². The molecule has 0 fully saturated rings. The zero-order chi connectivity index (χ0) is 22.2. The van der Waals surface area contributed by atoms with Crippen LogP contribution in [0.25, 0.3) is 6.08 Å². The lowest BCUT2D eigenvalue weighted by Gasteiger charge is -2.09. The molecule has 0 saturated carbocycles. The third-order valence-corrected chi connectivity index (χ3v) is 4.18. The molecular formula is C22H21N5O4. The number of nitrogen functional groups attached to an aromatic ring is 1. The van der Waals surface area contributed by atoms with Gasteiger partial charge in [-0.15, -0.1) is 0 Å². The Morgan fingerprint density at radius 3 is 2.52 bits per heavy atom. The van der Waals surface area contributed by atoms with Crippen molar-refractivity contribution in [2.75, 3.05) is 18.2 Å². The number of carbonyl (C=O) groups is 2. The number of benzene rings is 2. The molecule has 158 valence electrons. The van der Waals surface area contributed by atoms with E-state index >= 15 is 0 Å². The van der Waals surface area contributed by atoms with E-state index in [0.29, 0.717) is 5.56 Å². The first-order valence-electron chi connectivity index (χ1n) is 9.31. The van der Waals surface area contributed by atoms with Crippen LogP contribution in [0.5, 0.6) is 0 Å². The molecule has 0 atom stereocenters. The summed E-state index contributed by atoms with van der Waals surface area (Å²) in [5.41, 5.74) is 8.73. The first-order chi connectivity index (χ1) is 14.9. The van der Waals surface area contributed by atoms with Crippen LogP contribution in [0.3, 0.4) is 0 Å². The van der Waals surface area contributed by atoms with E-state index < -0.39 is 11.9 Å². The van der Waals surface area contributed by atoms with Crippen molar-refractivity contribution in [1.82, 2.24) is 15.0 Å². The number of para-hydroxylation sites is 1. The Morgan fingerprint density at radius 2 is 1.81 bits per heavy atom. The van der Waals surface area contributed by atoms with E-state index in [9.17, 15) is 9.59 Å². The average Bonchev–Trinajstić information content (AvgIpc) is 2.77. The highest BCUT2D eigenvalue weighted by Crippen LogP contribution is 2.18. The average molecular weight is 419 g/mol. The number of nitrogens with two attached hydrogens (primary N) is 1. The number of hydrogen-bond donors (Lipinski definition) is 2. The number of rotatable bonds is 7. The van der Waals surface area contributed by atoms with Crippen LogP contribution in [0.4, 0.5) is 17.6 Å².